The third-order valence-electron chi connectivity index (χ3n) is 5.49. The van der Waals surface area contributed by atoms with Crippen LogP contribution in [0.4, 0.5) is 5.82 Å². The molecule has 1 aromatic carbocycles. The lowest BCUT2D eigenvalue weighted by molar-refractivity contribution is 0.0766. The molecule has 1 saturated heterocycles. The fourth-order valence-electron chi connectivity index (χ4n) is 4.07. The number of nitrogens with zero attached hydrogens (tertiary/aromatic N) is 4. The number of rotatable bonds is 5. The Balaban J connectivity index is 1.82. The molecule has 30 heavy (non-hydrogen) atoms. The Morgan fingerprint density at radius 1 is 0.967 bits per heavy atom. The van der Waals surface area contributed by atoms with Gasteiger partial charge in [-0.2, -0.15) is 0 Å². The van der Waals surface area contributed by atoms with Gasteiger partial charge in [-0.15, -0.1) is 0 Å². The molecule has 162 valence electrons. The van der Waals surface area contributed by atoms with Gasteiger partial charge < -0.3 is 19.3 Å². The van der Waals surface area contributed by atoms with Crippen molar-refractivity contribution in [2.75, 3.05) is 45.3 Å². The number of hydrogen-bond acceptors (Lipinski definition) is 6. The van der Waals surface area contributed by atoms with E-state index < -0.39 is 0 Å². The quantitative estimate of drug-likeness (QED) is 0.748. The van der Waals surface area contributed by atoms with Gasteiger partial charge in [0, 0.05) is 49.1 Å². The molecular weight excluding hydrogens is 380 g/mol. The summed E-state index contributed by atoms with van der Waals surface area (Å²) in [5.74, 6) is 3.35. The summed E-state index contributed by atoms with van der Waals surface area (Å²) >= 11 is 0. The Morgan fingerprint density at radius 3 is 2.23 bits per heavy atom. The summed E-state index contributed by atoms with van der Waals surface area (Å²) in [6.07, 6.45) is 0.881. The molecule has 2 heterocycles. The summed E-state index contributed by atoms with van der Waals surface area (Å²) in [6.45, 7) is 11.3. The summed E-state index contributed by atoms with van der Waals surface area (Å²) in [5, 5.41) is 0. The minimum Gasteiger partial charge on any atom is -0.497 e. The van der Waals surface area contributed by atoms with Gasteiger partial charge in [0.1, 0.15) is 23.1 Å². The molecule has 3 rings (SSSR count). The number of aryl methyl sites for hydroxylation is 2. The monoisotopic (exact) mass is 412 g/mol. The summed E-state index contributed by atoms with van der Waals surface area (Å²) in [6, 6.07) is 5.30. The van der Waals surface area contributed by atoms with Crippen LogP contribution in [0.25, 0.3) is 0 Å². The average Bonchev–Trinajstić information content (AvgIpc) is 2.98. The zero-order valence-electron chi connectivity index (χ0n) is 18.9. The van der Waals surface area contributed by atoms with Crippen LogP contribution < -0.4 is 14.4 Å². The summed E-state index contributed by atoms with van der Waals surface area (Å²) in [4.78, 5) is 26.7. The van der Waals surface area contributed by atoms with Gasteiger partial charge in [0.25, 0.3) is 5.91 Å². The molecule has 1 aliphatic heterocycles. The fourth-order valence-corrected chi connectivity index (χ4v) is 4.07. The summed E-state index contributed by atoms with van der Waals surface area (Å²) in [5.41, 5.74) is 2.81. The largest absolute Gasteiger partial charge is 0.497 e. The first-order valence-electron chi connectivity index (χ1n) is 10.5. The predicted octanol–water partition coefficient (Wildman–Crippen LogP) is 3.59. The number of carbonyl (C=O) groups excluding carboxylic acids is 1. The molecule has 0 aliphatic carbocycles. The van der Waals surface area contributed by atoms with Crippen LogP contribution in [0.15, 0.2) is 18.2 Å². The standard InChI is InChI=1S/C23H32N4O3/c1-15(2)21-16(3)24-17(4)25-22(21)26-8-7-9-27(11-10-26)23(28)18-12-19(29-5)14-20(13-18)30-6/h12-15H,7-11H2,1-6H3. The third kappa shape index (κ3) is 4.66. The van der Waals surface area contributed by atoms with Crippen LogP contribution in [0.2, 0.25) is 0 Å². The lowest BCUT2D eigenvalue weighted by Crippen LogP contribution is -2.36. The van der Waals surface area contributed by atoms with E-state index in [9.17, 15) is 4.79 Å². The van der Waals surface area contributed by atoms with E-state index in [-0.39, 0.29) is 5.91 Å². The highest BCUT2D eigenvalue weighted by Gasteiger charge is 2.25. The summed E-state index contributed by atoms with van der Waals surface area (Å²) < 4.78 is 10.6. The zero-order valence-corrected chi connectivity index (χ0v) is 18.9. The van der Waals surface area contributed by atoms with Crippen LogP contribution >= 0.6 is 0 Å². The minimum atomic E-state index is -0.00631. The zero-order chi connectivity index (χ0) is 21.8. The molecule has 0 unspecified atom stereocenters. The molecule has 1 fully saturated rings. The number of carbonyl (C=O) groups is 1. The van der Waals surface area contributed by atoms with E-state index in [1.165, 1.54) is 5.56 Å². The van der Waals surface area contributed by atoms with E-state index in [4.69, 9.17) is 14.5 Å². The lowest BCUT2D eigenvalue weighted by Gasteiger charge is -2.27. The first kappa shape index (κ1) is 21.9. The van der Waals surface area contributed by atoms with E-state index in [1.54, 1.807) is 32.4 Å². The molecule has 0 radical (unpaired) electrons. The Morgan fingerprint density at radius 2 is 1.63 bits per heavy atom. The smallest absolute Gasteiger partial charge is 0.254 e. The van der Waals surface area contributed by atoms with Crippen molar-refractivity contribution in [2.24, 2.45) is 0 Å². The normalized spacial score (nSPS) is 14.6. The maximum Gasteiger partial charge on any atom is 0.254 e. The van der Waals surface area contributed by atoms with Crippen molar-refractivity contribution >= 4 is 11.7 Å². The van der Waals surface area contributed by atoms with Crippen molar-refractivity contribution in [1.82, 2.24) is 14.9 Å². The van der Waals surface area contributed by atoms with Crippen molar-refractivity contribution in [2.45, 2.75) is 40.0 Å². The lowest BCUT2D eigenvalue weighted by atomic mass is 10.0. The van der Waals surface area contributed by atoms with E-state index >= 15 is 0 Å². The number of amides is 1. The van der Waals surface area contributed by atoms with Gasteiger partial charge in [-0.1, -0.05) is 13.8 Å². The van der Waals surface area contributed by atoms with E-state index in [1.807, 2.05) is 11.8 Å². The number of hydrogen-bond donors (Lipinski definition) is 0. The van der Waals surface area contributed by atoms with Crippen molar-refractivity contribution < 1.29 is 14.3 Å². The van der Waals surface area contributed by atoms with Gasteiger partial charge >= 0.3 is 0 Å². The Hall–Kier alpha value is -2.83. The van der Waals surface area contributed by atoms with E-state index in [0.29, 0.717) is 36.1 Å². The third-order valence-corrected chi connectivity index (χ3v) is 5.49. The second-order valence-electron chi connectivity index (χ2n) is 7.98. The van der Waals surface area contributed by atoms with Crippen molar-refractivity contribution in [3.8, 4) is 11.5 Å². The number of benzene rings is 1. The van der Waals surface area contributed by atoms with Crippen LogP contribution in [0.5, 0.6) is 11.5 Å². The Labute approximate surface area is 179 Å². The first-order chi connectivity index (χ1) is 14.3. The minimum absolute atomic E-state index is 0.00631. The average molecular weight is 413 g/mol. The van der Waals surface area contributed by atoms with Crippen molar-refractivity contribution in [3.63, 3.8) is 0 Å². The van der Waals surface area contributed by atoms with Gasteiger partial charge in [-0.05, 0) is 38.3 Å². The Kier molecular flexibility index (Phi) is 6.80. The van der Waals surface area contributed by atoms with E-state index in [0.717, 1.165) is 36.8 Å². The van der Waals surface area contributed by atoms with Gasteiger partial charge in [-0.3, -0.25) is 4.79 Å². The maximum atomic E-state index is 13.2. The molecule has 0 saturated carbocycles. The van der Waals surface area contributed by atoms with E-state index in [2.05, 4.69) is 30.7 Å². The van der Waals surface area contributed by atoms with Crippen LogP contribution in [-0.4, -0.2) is 61.2 Å². The van der Waals surface area contributed by atoms with Gasteiger partial charge in [0.05, 0.1) is 14.2 Å². The summed E-state index contributed by atoms with van der Waals surface area (Å²) in [7, 11) is 3.18. The fraction of sp³-hybridized carbons (Fsp3) is 0.522. The SMILES string of the molecule is COc1cc(OC)cc(C(=O)N2CCCN(c3nc(C)nc(C)c3C(C)C)CC2)c1. The maximum absolute atomic E-state index is 13.2. The second kappa shape index (κ2) is 9.32. The van der Waals surface area contributed by atoms with Crippen molar-refractivity contribution in [1.29, 1.82) is 0 Å². The molecule has 0 spiro atoms. The first-order valence-corrected chi connectivity index (χ1v) is 10.5. The van der Waals surface area contributed by atoms with Crippen LogP contribution in [0.1, 0.15) is 53.6 Å². The highest BCUT2D eigenvalue weighted by atomic mass is 16.5. The van der Waals surface area contributed by atoms with Gasteiger partial charge in [0.15, 0.2) is 0 Å². The number of anilines is 1. The molecule has 1 amide bonds. The second-order valence-corrected chi connectivity index (χ2v) is 7.98. The molecule has 7 nitrogen and oxygen atoms in total. The van der Waals surface area contributed by atoms with Crippen LogP contribution in [-0.2, 0) is 0 Å². The molecule has 7 heteroatoms. The van der Waals surface area contributed by atoms with Gasteiger partial charge in [0.2, 0.25) is 0 Å². The molecule has 0 atom stereocenters. The predicted molar refractivity (Wildman–Crippen MR) is 118 cm³/mol. The molecule has 0 bridgehead atoms. The molecule has 1 aliphatic rings. The van der Waals surface area contributed by atoms with Crippen LogP contribution in [0, 0.1) is 13.8 Å². The molecule has 1 aromatic heterocycles. The van der Waals surface area contributed by atoms with Gasteiger partial charge in [-0.25, -0.2) is 9.97 Å². The Bertz CT molecular complexity index is 891. The number of aromatic nitrogens is 2. The molecular formula is C23H32N4O3. The van der Waals surface area contributed by atoms with Crippen molar-refractivity contribution in [3.05, 3.63) is 40.8 Å². The molecule has 2 aromatic rings. The molecule has 0 N–H and O–H groups in total. The highest BCUT2D eigenvalue weighted by molar-refractivity contribution is 5.95. The van der Waals surface area contributed by atoms with Crippen LogP contribution in [0.3, 0.4) is 0 Å². The number of ether oxygens (including phenoxy) is 2. The number of methoxy groups -OCH3 is 2. The highest BCUT2D eigenvalue weighted by Crippen LogP contribution is 2.29. The topological polar surface area (TPSA) is 67.8 Å².